The van der Waals surface area contributed by atoms with E-state index in [1.165, 1.54) is 12.1 Å². The van der Waals surface area contributed by atoms with Crippen LogP contribution in [0.5, 0.6) is 5.75 Å². The van der Waals surface area contributed by atoms with Gasteiger partial charge < -0.3 is 22.8 Å². The Kier molecular flexibility index (Phi) is 8.69. The first-order valence-electron chi connectivity index (χ1n) is 13.8. The second kappa shape index (κ2) is 11.1. The standard InChI is InChI=1S/C17H13F3O3S2.C12H24B2O4/c1-10-3-8-14(15-9-11(2)24-16(10)15)12-4-6-13(7-5-12)23-25(21,22)17(18,19)20;1-9(2)10(3,4)16-13(15-9)14-17-11(5,6)12(7,8)18-14/h3-9H,1-2H3;1-8H3. The Bertz CT molecular complexity index is 1530. The van der Waals surface area contributed by atoms with Crippen molar-refractivity contribution in [2.24, 2.45) is 0 Å². The number of halogens is 3. The summed E-state index contributed by atoms with van der Waals surface area (Å²) in [7, 11) is -6.62. The third kappa shape index (κ3) is 6.64. The van der Waals surface area contributed by atoms with Crippen molar-refractivity contribution in [3.8, 4) is 16.9 Å². The molecule has 234 valence electrons. The molecule has 5 rings (SSSR count). The van der Waals surface area contributed by atoms with E-state index in [0.717, 1.165) is 31.7 Å². The van der Waals surface area contributed by atoms with Crippen molar-refractivity contribution in [2.45, 2.75) is 97.1 Å². The number of hydrogen-bond acceptors (Lipinski definition) is 8. The van der Waals surface area contributed by atoms with E-state index in [0.29, 0.717) is 0 Å². The lowest BCUT2D eigenvalue weighted by Gasteiger charge is -2.32. The van der Waals surface area contributed by atoms with Crippen LogP contribution < -0.4 is 4.18 Å². The molecule has 43 heavy (non-hydrogen) atoms. The number of alkyl halides is 3. The molecular formula is C29H37B2F3O7S2. The lowest BCUT2D eigenvalue weighted by atomic mass is 9.49. The van der Waals surface area contributed by atoms with E-state index in [-0.39, 0.29) is 28.2 Å². The fourth-order valence-electron chi connectivity index (χ4n) is 4.50. The van der Waals surface area contributed by atoms with E-state index >= 15 is 0 Å². The van der Waals surface area contributed by atoms with Crippen LogP contribution in [0.3, 0.4) is 0 Å². The fraction of sp³-hybridized carbons (Fsp3) is 0.517. The normalized spacial score (nSPS) is 20.7. The van der Waals surface area contributed by atoms with Crippen molar-refractivity contribution in [3.63, 3.8) is 0 Å². The number of fused-ring (bicyclic) bond motifs is 1. The van der Waals surface area contributed by atoms with Crippen molar-refractivity contribution in [1.29, 1.82) is 0 Å². The van der Waals surface area contributed by atoms with Gasteiger partial charge in [0.15, 0.2) is 0 Å². The average molecular weight is 640 g/mol. The van der Waals surface area contributed by atoms with Gasteiger partial charge in [-0.15, -0.1) is 11.3 Å². The zero-order chi connectivity index (χ0) is 32.4. The molecule has 0 N–H and O–H groups in total. The van der Waals surface area contributed by atoms with Crippen LogP contribution >= 0.6 is 11.3 Å². The maximum absolute atomic E-state index is 12.4. The summed E-state index contributed by atoms with van der Waals surface area (Å²) in [6.07, 6.45) is 0. The third-order valence-corrected chi connectivity index (χ3v) is 10.6. The predicted octanol–water partition coefficient (Wildman–Crippen LogP) is 7.66. The largest absolute Gasteiger partial charge is 0.534 e. The Morgan fingerprint density at radius 1 is 0.744 bits per heavy atom. The Morgan fingerprint density at radius 2 is 1.19 bits per heavy atom. The van der Waals surface area contributed by atoms with Gasteiger partial charge in [0, 0.05) is 15.0 Å². The topological polar surface area (TPSA) is 80.3 Å². The van der Waals surface area contributed by atoms with E-state index in [4.69, 9.17) is 18.6 Å². The Labute approximate surface area is 256 Å². The van der Waals surface area contributed by atoms with Crippen LogP contribution in [-0.2, 0) is 28.7 Å². The molecule has 2 aliphatic rings. The van der Waals surface area contributed by atoms with Crippen LogP contribution in [0, 0.1) is 13.8 Å². The molecule has 0 bridgehead atoms. The lowest BCUT2D eigenvalue weighted by Crippen LogP contribution is -2.41. The first-order valence-corrected chi connectivity index (χ1v) is 16.0. The van der Waals surface area contributed by atoms with Crippen LogP contribution in [0.1, 0.15) is 65.8 Å². The molecule has 0 radical (unpaired) electrons. The smallest absolute Gasteiger partial charge is 0.405 e. The van der Waals surface area contributed by atoms with Gasteiger partial charge in [-0.05, 0) is 104 Å². The minimum absolute atomic E-state index is 0.360. The summed E-state index contributed by atoms with van der Waals surface area (Å²) in [6.45, 7) is 20.2. The molecule has 0 atom stereocenters. The highest BCUT2D eigenvalue weighted by Crippen LogP contribution is 2.43. The Hall–Kier alpha value is -2.09. The van der Waals surface area contributed by atoms with Gasteiger partial charge in [0.25, 0.3) is 0 Å². The first kappa shape index (κ1) is 33.8. The summed E-state index contributed by atoms with van der Waals surface area (Å²) >= 11 is 1.67. The van der Waals surface area contributed by atoms with Gasteiger partial charge in [-0.25, -0.2) is 0 Å². The van der Waals surface area contributed by atoms with Crippen molar-refractivity contribution in [1.82, 2.24) is 0 Å². The van der Waals surface area contributed by atoms with Crippen LogP contribution in [0.25, 0.3) is 21.2 Å². The molecule has 0 unspecified atom stereocenters. The molecule has 0 amide bonds. The lowest BCUT2D eigenvalue weighted by molar-refractivity contribution is -0.0500. The van der Waals surface area contributed by atoms with E-state index in [1.807, 2.05) is 81.4 Å². The number of aryl methyl sites for hydroxylation is 2. The summed E-state index contributed by atoms with van der Waals surface area (Å²) in [6, 6.07) is 11.5. The summed E-state index contributed by atoms with van der Waals surface area (Å²) in [5, 5.41) is 1.05. The zero-order valence-corrected chi connectivity index (χ0v) is 27.6. The molecule has 7 nitrogen and oxygen atoms in total. The second-order valence-corrected chi connectivity index (χ2v) is 15.6. The Balaban J connectivity index is 0.000000208. The minimum Gasteiger partial charge on any atom is -0.405 e. The molecule has 3 heterocycles. The van der Waals surface area contributed by atoms with Crippen molar-refractivity contribution in [3.05, 3.63) is 52.9 Å². The Morgan fingerprint density at radius 3 is 1.60 bits per heavy atom. The van der Waals surface area contributed by atoms with Gasteiger partial charge in [0.05, 0.1) is 22.4 Å². The summed E-state index contributed by atoms with van der Waals surface area (Å²) in [4.78, 5) is 1.15. The van der Waals surface area contributed by atoms with Crippen molar-refractivity contribution < 1.29 is 44.4 Å². The molecule has 0 spiro atoms. The van der Waals surface area contributed by atoms with Gasteiger partial charge in [0.2, 0.25) is 0 Å². The summed E-state index contributed by atoms with van der Waals surface area (Å²) in [5.41, 5.74) is -4.06. The van der Waals surface area contributed by atoms with Crippen LogP contribution in [0.2, 0.25) is 0 Å². The molecule has 14 heteroatoms. The van der Waals surface area contributed by atoms with Gasteiger partial charge >= 0.3 is 29.6 Å². The first-order chi connectivity index (χ1) is 19.5. The molecule has 2 saturated heterocycles. The highest BCUT2D eigenvalue weighted by atomic mass is 32.2. The highest BCUT2D eigenvalue weighted by Gasteiger charge is 2.63. The average Bonchev–Trinajstić information content (AvgIpc) is 3.42. The predicted molar refractivity (Wildman–Crippen MR) is 165 cm³/mol. The summed E-state index contributed by atoms with van der Waals surface area (Å²) < 4.78 is 88.3. The SMILES string of the molecule is CC1(C)OB(B2OC(C)(C)C(C)(C)O2)OC1(C)C.Cc1cc2c(-c3ccc(OS(=O)(=O)C(F)(F)F)cc3)ccc(C)c2s1. The van der Waals surface area contributed by atoms with Crippen LogP contribution in [-0.4, -0.2) is 50.3 Å². The van der Waals surface area contributed by atoms with Crippen LogP contribution in [0.15, 0.2) is 42.5 Å². The maximum atomic E-state index is 12.4. The van der Waals surface area contributed by atoms with E-state index in [2.05, 4.69) is 10.2 Å². The van der Waals surface area contributed by atoms with Gasteiger partial charge in [-0.3, -0.25) is 0 Å². The highest BCUT2D eigenvalue weighted by molar-refractivity contribution is 7.88. The zero-order valence-electron chi connectivity index (χ0n) is 26.0. The maximum Gasteiger partial charge on any atom is 0.534 e. The second-order valence-electron chi connectivity index (χ2n) is 12.8. The number of hydrogen-bond donors (Lipinski definition) is 0. The number of rotatable bonds is 4. The van der Waals surface area contributed by atoms with Gasteiger partial charge in [0.1, 0.15) is 5.75 Å². The fourth-order valence-corrected chi connectivity index (χ4v) is 5.96. The third-order valence-electron chi connectivity index (χ3n) is 8.42. The van der Waals surface area contributed by atoms with E-state index in [1.54, 1.807) is 23.5 Å². The van der Waals surface area contributed by atoms with Crippen molar-refractivity contribution in [2.75, 3.05) is 0 Å². The molecule has 1 aromatic heterocycles. The molecule has 2 aromatic carbocycles. The molecule has 0 aliphatic carbocycles. The van der Waals surface area contributed by atoms with Gasteiger partial charge in [-0.2, -0.15) is 21.6 Å². The molecule has 2 fully saturated rings. The quantitative estimate of drug-likeness (QED) is 0.165. The minimum atomic E-state index is -5.66. The van der Waals surface area contributed by atoms with E-state index in [9.17, 15) is 21.6 Å². The molecule has 2 aliphatic heterocycles. The summed E-state index contributed by atoms with van der Waals surface area (Å²) in [5.74, 6) is -0.383. The monoisotopic (exact) mass is 640 g/mol. The van der Waals surface area contributed by atoms with Crippen molar-refractivity contribution >= 4 is 45.6 Å². The molecular weight excluding hydrogens is 603 g/mol. The molecule has 0 saturated carbocycles. The van der Waals surface area contributed by atoms with Crippen LogP contribution in [0.4, 0.5) is 13.2 Å². The van der Waals surface area contributed by atoms with Gasteiger partial charge in [-0.1, -0.05) is 24.3 Å². The number of thiophene rings is 1. The number of benzene rings is 2. The van der Waals surface area contributed by atoms with E-state index < -0.39 is 29.6 Å². The molecule has 3 aromatic rings.